The van der Waals surface area contributed by atoms with Crippen LogP contribution in [0.15, 0.2) is 18.2 Å². The van der Waals surface area contributed by atoms with Crippen molar-refractivity contribution in [2.75, 3.05) is 0 Å². The van der Waals surface area contributed by atoms with Gasteiger partial charge >= 0.3 is 11.9 Å². The average Bonchev–Trinajstić information content (AvgIpc) is 2.89. The number of hydrogen-bond donors (Lipinski definition) is 3. The zero-order valence-corrected chi connectivity index (χ0v) is 11.2. The van der Waals surface area contributed by atoms with E-state index in [-0.39, 0.29) is 12.8 Å². The first-order valence-corrected chi connectivity index (χ1v) is 6.42. The Morgan fingerprint density at radius 3 is 2.57 bits per heavy atom. The van der Waals surface area contributed by atoms with Gasteiger partial charge in [-0.05, 0) is 29.7 Å². The lowest BCUT2D eigenvalue weighted by molar-refractivity contribution is -0.140. The first kappa shape index (κ1) is 15.0. The summed E-state index contributed by atoms with van der Waals surface area (Å²) in [6.45, 7) is 0.936. The Morgan fingerprint density at radius 1 is 1.19 bits per heavy atom. The molecule has 1 aliphatic heterocycles. The van der Waals surface area contributed by atoms with E-state index in [4.69, 9.17) is 14.9 Å². The van der Waals surface area contributed by atoms with Gasteiger partial charge in [0.25, 0.3) is 5.91 Å². The summed E-state index contributed by atoms with van der Waals surface area (Å²) in [5.74, 6) is -2.90. The molecule has 0 aliphatic carbocycles. The van der Waals surface area contributed by atoms with Crippen LogP contribution < -0.4 is 5.32 Å². The summed E-state index contributed by atoms with van der Waals surface area (Å²) in [5.41, 5.74) is 2.24. The molecule has 1 aromatic carbocycles. The van der Waals surface area contributed by atoms with Gasteiger partial charge in [-0.3, -0.25) is 9.59 Å². The third-order valence-corrected chi connectivity index (χ3v) is 3.23. The smallest absolute Gasteiger partial charge is 0.326 e. The van der Waals surface area contributed by atoms with E-state index in [0.29, 0.717) is 18.8 Å². The summed E-state index contributed by atoms with van der Waals surface area (Å²) in [7, 11) is 0. The molecule has 0 spiro atoms. The van der Waals surface area contributed by atoms with Crippen molar-refractivity contribution < 1.29 is 29.3 Å². The molecule has 1 amide bonds. The molecule has 1 unspecified atom stereocenters. The Hall–Kier alpha value is -2.41. The van der Waals surface area contributed by atoms with Crippen LogP contribution in [0.25, 0.3) is 0 Å². The molecule has 0 saturated heterocycles. The Kier molecular flexibility index (Phi) is 4.54. The summed E-state index contributed by atoms with van der Waals surface area (Å²) in [6.07, 6.45) is -0.486. The summed E-state index contributed by atoms with van der Waals surface area (Å²) in [4.78, 5) is 33.6. The second-order valence-corrected chi connectivity index (χ2v) is 4.77. The highest BCUT2D eigenvalue weighted by Crippen LogP contribution is 2.20. The van der Waals surface area contributed by atoms with Gasteiger partial charge in [-0.15, -0.1) is 0 Å². The van der Waals surface area contributed by atoms with Gasteiger partial charge in [0.05, 0.1) is 13.2 Å². The van der Waals surface area contributed by atoms with E-state index >= 15 is 0 Å². The predicted molar refractivity (Wildman–Crippen MR) is 70.7 cm³/mol. The lowest BCUT2D eigenvalue weighted by Crippen LogP contribution is -2.41. The zero-order valence-electron chi connectivity index (χ0n) is 11.2. The monoisotopic (exact) mass is 293 g/mol. The van der Waals surface area contributed by atoms with E-state index in [9.17, 15) is 14.4 Å². The fraction of sp³-hybridized carbons (Fsp3) is 0.357. The number of rotatable bonds is 6. The molecule has 21 heavy (non-hydrogen) atoms. The first-order chi connectivity index (χ1) is 9.97. The van der Waals surface area contributed by atoms with Gasteiger partial charge in [0.2, 0.25) is 0 Å². The van der Waals surface area contributed by atoms with Crippen molar-refractivity contribution in [2.45, 2.75) is 32.1 Å². The van der Waals surface area contributed by atoms with Crippen LogP contribution in [0.5, 0.6) is 0 Å². The minimum atomic E-state index is -1.26. The van der Waals surface area contributed by atoms with E-state index < -0.39 is 23.9 Å². The Labute approximate surface area is 120 Å². The van der Waals surface area contributed by atoms with Gasteiger partial charge in [-0.25, -0.2) is 4.79 Å². The number of carbonyl (C=O) groups excluding carboxylic acids is 1. The predicted octanol–water partition coefficient (Wildman–Crippen LogP) is 0.765. The zero-order chi connectivity index (χ0) is 15.4. The van der Waals surface area contributed by atoms with E-state index in [1.165, 1.54) is 0 Å². The van der Waals surface area contributed by atoms with Gasteiger partial charge in [-0.2, -0.15) is 0 Å². The fourth-order valence-electron chi connectivity index (χ4n) is 2.08. The normalized spacial score (nSPS) is 14.3. The van der Waals surface area contributed by atoms with Crippen molar-refractivity contribution >= 4 is 17.8 Å². The van der Waals surface area contributed by atoms with E-state index in [0.717, 1.165) is 11.1 Å². The number of hydrogen-bond acceptors (Lipinski definition) is 4. The number of carboxylic acid groups (broad SMARTS) is 2. The molecule has 0 bridgehead atoms. The summed E-state index contributed by atoms with van der Waals surface area (Å²) in [6, 6.07) is 3.80. The van der Waals surface area contributed by atoms with Crippen LogP contribution in [0.3, 0.4) is 0 Å². The van der Waals surface area contributed by atoms with Crippen LogP contribution in [0.1, 0.15) is 34.3 Å². The van der Waals surface area contributed by atoms with Crippen molar-refractivity contribution in [2.24, 2.45) is 0 Å². The molecule has 2 rings (SSSR count). The Morgan fingerprint density at radius 2 is 1.90 bits per heavy atom. The molecule has 0 radical (unpaired) electrons. The van der Waals surface area contributed by atoms with Crippen molar-refractivity contribution in [1.82, 2.24) is 5.32 Å². The maximum atomic E-state index is 12.0. The summed E-state index contributed by atoms with van der Waals surface area (Å²) < 4.78 is 5.24. The molecule has 0 aromatic heterocycles. The van der Waals surface area contributed by atoms with Gasteiger partial charge in [-0.1, -0.05) is 6.07 Å². The topological polar surface area (TPSA) is 113 Å². The molecular formula is C14H15NO6. The third-order valence-electron chi connectivity index (χ3n) is 3.23. The van der Waals surface area contributed by atoms with Crippen molar-refractivity contribution in [3.05, 3.63) is 34.9 Å². The molecule has 0 saturated carbocycles. The molecule has 1 atom stereocenters. The van der Waals surface area contributed by atoms with Gasteiger partial charge in [0.15, 0.2) is 0 Å². The Bertz CT molecular complexity index is 583. The van der Waals surface area contributed by atoms with Crippen molar-refractivity contribution in [3.63, 3.8) is 0 Å². The molecular weight excluding hydrogens is 278 g/mol. The molecule has 7 nitrogen and oxygen atoms in total. The van der Waals surface area contributed by atoms with Gasteiger partial charge in [0.1, 0.15) is 6.04 Å². The molecule has 1 heterocycles. The summed E-state index contributed by atoms with van der Waals surface area (Å²) in [5, 5.41) is 19.9. The number of fused-ring (bicyclic) bond motifs is 1. The van der Waals surface area contributed by atoms with Gasteiger partial charge < -0.3 is 20.3 Å². The van der Waals surface area contributed by atoms with Crippen LogP contribution in [0.4, 0.5) is 0 Å². The molecule has 7 heteroatoms. The minimum absolute atomic E-state index is 0.162. The molecule has 1 aliphatic rings. The number of nitrogens with one attached hydrogen (secondary N) is 1. The number of amides is 1. The second kappa shape index (κ2) is 6.36. The number of aliphatic carboxylic acids is 2. The number of carboxylic acids is 2. The average molecular weight is 293 g/mol. The third kappa shape index (κ3) is 3.79. The molecule has 3 N–H and O–H groups in total. The van der Waals surface area contributed by atoms with Crippen LogP contribution >= 0.6 is 0 Å². The SMILES string of the molecule is O=C(O)CCC(NC(=O)c1ccc2c(c1)COC2)C(=O)O. The number of ether oxygens (including phenoxy) is 1. The Balaban J connectivity index is 2.04. The van der Waals surface area contributed by atoms with E-state index in [1.807, 2.05) is 0 Å². The van der Waals surface area contributed by atoms with Crippen LogP contribution in [0, 0.1) is 0 Å². The lowest BCUT2D eigenvalue weighted by atomic mass is 10.1. The van der Waals surface area contributed by atoms with Crippen LogP contribution in [-0.2, 0) is 27.5 Å². The van der Waals surface area contributed by atoms with Crippen LogP contribution in [-0.4, -0.2) is 34.1 Å². The minimum Gasteiger partial charge on any atom is -0.481 e. The highest BCUT2D eigenvalue weighted by atomic mass is 16.5. The van der Waals surface area contributed by atoms with E-state index in [1.54, 1.807) is 18.2 Å². The van der Waals surface area contributed by atoms with Crippen molar-refractivity contribution in [1.29, 1.82) is 0 Å². The van der Waals surface area contributed by atoms with Crippen LogP contribution in [0.2, 0.25) is 0 Å². The van der Waals surface area contributed by atoms with Crippen molar-refractivity contribution in [3.8, 4) is 0 Å². The maximum Gasteiger partial charge on any atom is 0.326 e. The van der Waals surface area contributed by atoms with E-state index in [2.05, 4.69) is 5.32 Å². The lowest BCUT2D eigenvalue weighted by Gasteiger charge is -2.13. The number of carbonyl (C=O) groups is 3. The first-order valence-electron chi connectivity index (χ1n) is 6.42. The standard InChI is InChI=1S/C14H15NO6/c16-12(17)4-3-11(14(19)20)15-13(18)8-1-2-9-6-21-7-10(9)5-8/h1-2,5,11H,3-4,6-7H2,(H,15,18)(H,16,17)(H,19,20). The molecule has 112 valence electrons. The van der Waals surface area contributed by atoms with Gasteiger partial charge in [0, 0.05) is 12.0 Å². The number of benzene rings is 1. The molecule has 0 fully saturated rings. The quantitative estimate of drug-likeness (QED) is 0.714. The molecule has 1 aromatic rings. The maximum absolute atomic E-state index is 12.0. The largest absolute Gasteiger partial charge is 0.481 e. The highest BCUT2D eigenvalue weighted by molar-refractivity contribution is 5.96. The highest BCUT2D eigenvalue weighted by Gasteiger charge is 2.22. The summed E-state index contributed by atoms with van der Waals surface area (Å²) >= 11 is 0. The second-order valence-electron chi connectivity index (χ2n) is 4.77. The fourth-order valence-corrected chi connectivity index (χ4v) is 2.08.